The Hall–Kier alpha value is -3.15. The van der Waals surface area contributed by atoms with Gasteiger partial charge in [-0.05, 0) is 55.5 Å². The monoisotopic (exact) mass is 325 g/mol. The first-order chi connectivity index (χ1) is 11.6. The van der Waals surface area contributed by atoms with Gasteiger partial charge in [0, 0.05) is 11.9 Å². The van der Waals surface area contributed by atoms with Gasteiger partial charge in [-0.25, -0.2) is 9.18 Å². The van der Waals surface area contributed by atoms with Crippen molar-refractivity contribution in [2.75, 3.05) is 5.32 Å². The number of furan rings is 1. The summed E-state index contributed by atoms with van der Waals surface area (Å²) in [6.45, 7) is 1.88. The second-order valence-corrected chi connectivity index (χ2v) is 5.19. The molecule has 24 heavy (non-hydrogen) atoms. The first-order valence-electron chi connectivity index (χ1n) is 7.45. The van der Waals surface area contributed by atoms with Gasteiger partial charge in [0.1, 0.15) is 23.1 Å². The summed E-state index contributed by atoms with van der Waals surface area (Å²) >= 11 is 0. The lowest BCUT2D eigenvalue weighted by molar-refractivity contribution is 0.252. The fraction of sp³-hybridized carbons (Fsp3) is 0.111. The van der Waals surface area contributed by atoms with Crippen LogP contribution in [0.5, 0.6) is 0 Å². The molecule has 1 amide bonds. The van der Waals surface area contributed by atoms with E-state index < -0.39 is 0 Å². The van der Waals surface area contributed by atoms with Crippen molar-refractivity contribution in [2.45, 2.75) is 13.0 Å². The predicted octanol–water partition coefficient (Wildman–Crippen LogP) is 3.96. The van der Waals surface area contributed by atoms with Crippen LogP contribution in [0.3, 0.4) is 0 Å². The van der Waals surface area contributed by atoms with Gasteiger partial charge in [0.25, 0.3) is 0 Å². The Kier molecular flexibility index (Phi) is 4.56. The Morgan fingerprint density at radius 3 is 2.67 bits per heavy atom. The topological polar surface area (TPSA) is 59.5 Å². The van der Waals surface area contributed by atoms with Crippen LogP contribution >= 0.6 is 0 Å². The highest BCUT2D eigenvalue weighted by molar-refractivity contribution is 5.90. The highest BCUT2D eigenvalue weighted by Crippen LogP contribution is 2.15. The Bertz CT molecular complexity index is 883. The standard InChI is InChI=1S/C18H16FN3O2/c1-13(16-5-4-12-24-16)20-17-6-2-3-11-22(17)18(23)21-15-9-7-14(19)8-10-15/h2-13H,1H3,(H,21,23). The number of amides is 1. The van der Waals surface area contributed by atoms with Crippen molar-refractivity contribution >= 4 is 11.7 Å². The second kappa shape index (κ2) is 6.95. The minimum absolute atomic E-state index is 0.229. The molecule has 2 aromatic heterocycles. The molecule has 0 aliphatic carbocycles. The molecule has 0 spiro atoms. The van der Waals surface area contributed by atoms with E-state index in [0.717, 1.165) is 0 Å². The second-order valence-electron chi connectivity index (χ2n) is 5.19. The van der Waals surface area contributed by atoms with Gasteiger partial charge >= 0.3 is 6.03 Å². The third kappa shape index (κ3) is 3.60. The van der Waals surface area contributed by atoms with Gasteiger partial charge in [-0.1, -0.05) is 6.07 Å². The molecule has 0 bridgehead atoms. The molecule has 1 atom stereocenters. The number of rotatable bonds is 3. The minimum atomic E-state index is -0.382. The van der Waals surface area contributed by atoms with E-state index in [-0.39, 0.29) is 17.9 Å². The number of carbonyl (C=O) groups excluding carboxylic acids is 1. The Balaban J connectivity index is 1.88. The Morgan fingerprint density at radius 2 is 1.96 bits per heavy atom. The highest BCUT2D eigenvalue weighted by Gasteiger charge is 2.09. The maximum absolute atomic E-state index is 12.9. The lowest BCUT2D eigenvalue weighted by Gasteiger charge is -2.09. The van der Waals surface area contributed by atoms with E-state index in [1.54, 1.807) is 36.7 Å². The van der Waals surface area contributed by atoms with Gasteiger partial charge in [0.15, 0.2) is 0 Å². The number of hydrogen-bond acceptors (Lipinski definition) is 3. The number of nitrogens with zero attached hydrogens (tertiary/aromatic N) is 2. The van der Waals surface area contributed by atoms with Crippen LogP contribution in [0, 0.1) is 5.82 Å². The molecule has 5 nitrogen and oxygen atoms in total. The van der Waals surface area contributed by atoms with Crippen LogP contribution in [0.4, 0.5) is 14.9 Å². The van der Waals surface area contributed by atoms with Crippen LogP contribution in [-0.2, 0) is 0 Å². The number of nitrogens with one attached hydrogen (secondary N) is 1. The van der Waals surface area contributed by atoms with Gasteiger partial charge in [-0.3, -0.25) is 9.56 Å². The number of pyridine rings is 1. The van der Waals surface area contributed by atoms with Crippen LogP contribution in [0.2, 0.25) is 0 Å². The van der Waals surface area contributed by atoms with Crippen molar-refractivity contribution in [3.05, 3.63) is 84.1 Å². The molecular formula is C18H16FN3O2. The van der Waals surface area contributed by atoms with Crippen molar-refractivity contribution in [1.29, 1.82) is 0 Å². The molecule has 2 heterocycles. The molecule has 0 fully saturated rings. The summed E-state index contributed by atoms with van der Waals surface area (Å²) in [4.78, 5) is 17.0. The maximum atomic E-state index is 12.9. The summed E-state index contributed by atoms with van der Waals surface area (Å²) in [5.41, 5.74) is 0.990. The van der Waals surface area contributed by atoms with Gasteiger partial charge in [0.05, 0.1) is 6.26 Å². The third-order valence-corrected chi connectivity index (χ3v) is 3.43. The molecule has 0 aliphatic heterocycles. The summed E-state index contributed by atoms with van der Waals surface area (Å²) in [5.74, 6) is 0.354. The van der Waals surface area contributed by atoms with Crippen LogP contribution in [0.15, 0.2) is 76.5 Å². The average Bonchev–Trinajstić information content (AvgIpc) is 3.12. The largest absolute Gasteiger partial charge is 0.467 e. The number of anilines is 1. The summed E-state index contributed by atoms with van der Waals surface area (Å²) in [7, 11) is 0. The van der Waals surface area contributed by atoms with E-state index in [1.165, 1.54) is 28.8 Å². The molecular weight excluding hydrogens is 309 g/mol. The number of benzene rings is 1. The van der Waals surface area contributed by atoms with Gasteiger partial charge in [-0.15, -0.1) is 0 Å². The first-order valence-corrected chi connectivity index (χ1v) is 7.45. The van der Waals surface area contributed by atoms with Crippen molar-refractivity contribution in [3.63, 3.8) is 0 Å². The molecule has 0 aliphatic rings. The normalized spacial score (nSPS) is 12.8. The Labute approximate surface area is 138 Å². The molecule has 0 saturated carbocycles. The summed E-state index contributed by atoms with van der Waals surface area (Å²) in [6.07, 6.45) is 3.20. The van der Waals surface area contributed by atoms with E-state index in [0.29, 0.717) is 16.9 Å². The molecule has 1 N–H and O–H groups in total. The summed E-state index contributed by atoms with van der Waals surface area (Å²) in [5, 5.41) is 2.71. The number of carbonyl (C=O) groups is 1. The molecule has 3 aromatic rings. The zero-order valence-electron chi connectivity index (χ0n) is 13.0. The summed E-state index contributed by atoms with van der Waals surface area (Å²) in [6, 6.07) is 13.9. The van der Waals surface area contributed by atoms with Crippen LogP contribution in [0.1, 0.15) is 18.7 Å². The molecule has 122 valence electrons. The fourth-order valence-electron chi connectivity index (χ4n) is 2.22. The van der Waals surface area contributed by atoms with Crippen LogP contribution in [-0.4, -0.2) is 10.6 Å². The zero-order valence-corrected chi connectivity index (χ0v) is 13.0. The molecule has 6 heteroatoms. The lowest BCUT2D eigenvalue weighted by Crippen LogP contribution is -2.31. The van der Waals surface area contributed by atoms with E-state index >= 15 is 0 Å². The Morgan fingerprint density at radius 1 is 1.17 bits per heavy atom. The van der Waals surface area contributed by atoms with E-state index in [2.05, 4.69) is 10.3 Å². The predicted molar refractivity (Wildman–Crippen MR) is 87.9 cm³/mol. The number of hydrogen-bond donors (Lipinski definition) is 1. The van der Waals surface area contributed by atoms with Crippen LogP contribution in [0.25, 0.3) is 0 Å². The highest BCUT2D eigenvalue weighted by atomic mass is 19.1. The average molecular weight is 325 g/mol. The van der Waals surface area contributed by atoms with E-state index in [4.69, 9.17) is 4.42 Å². The molecule has 0 saturated heterocycles. The van der Waals surface area contributed by atoms with Gasteiger partial charge in [0.2, 0.25) is 0 Å². The van der Waals surface area contributed by atoms with Crippen molar-refractivity contribution in [1.82, 2.24) is 4.57 Å². The summed E-state index contributed by atoms with van der Waals surface area (Å²) < 4.78 is 19.7. The third-order valence-electron chi connectivity index (χ3n) is 3.43. The maximum Gasteiger partial charge on any atom is 0.331 e. The molecule has 1 unspecified atom stereocenters. The van der Waals surface area contributed by atoms with Crippen molar-refractivity contribution < 1.29 is 13.6 Å². The van der Waals surface area contributed by atoms with Gasteiger partial charge in [-0.2, -0.15) is 0 Å². The fourth-order valence-corrected chi connectivity index (χ4v) is 2.22. The minimum Gasteiger partial charge on any atom is -0.467 e. The number of aromatic nitrogens is 1. The van der Waals surface area contributed by atoms with Gasteiger partial charge < -0.3 is 9.73 Å². The van der Waals surface area contributed by atoms with Crippen molar-refractivity contribution in [3.8, 4) is 0 Å². The molecule has 3 rings (SSSR count). The van der Waals surface area contributed by atoms with E-state index in [9.17, 15) is 9.18 Å². The quantitative estimate of drug-likeness (QED) is 0.792. The zero-order chi connectivity index (χ0) is 16.9. The molecule has 0 radical (unpaired) electrons. The lowest BCUT2D eigenvalue weighted by atomic mass is 10.3. The van der Waals surface area contributed by atoms with E-state index in [1.807, 2.05) is 13.0 Å². The smallest absolute Gasteiger partial charge is 0.331 e. The SMILES string of the molecule is CC(N=c1ccccn1C(=O)Nc1ccc(F)cc1)c1ccco1. The molecule has 1 aromatic carbocycles. The number of halogens is 1. The first kappa shape index (κ1) is 15.7. The van der Waals surface area contributed by atoms with Crippen molar-refractivity contribution in [2.24, 2.45) is 4.99 Å². The van der Waals surface area contributed by atoms with Crippen LogP contribution < -0.4 is 10.8 Å².